The van der Waals surface area contributed by atoms with Crippen molar-refractivity contribution in [3.05, 3.63) is 92.4 Å². The molecule has 0 saturated carbocycles. The van der Waals surface area contributed by atoms with Gasteiger partial charge in [0.15, 0.2) is 5.16 Å². The van der Waals surface area contributed by atoms with Gasteiger partial charge in [-0.1, -0.05) is 70.2 Å². The number of nitrogens with one attached hydrogen (secondary N) is 2. The quantitative estimate of drug-likeness (QED) is 0.151. The van der Waals surface area contributed by atoms with E-state index in [-0.39, 0.29) is 22.5 Å². The predicted molar refractivity (Wildman–Crippen MR) is 158 cm³/mol. The molecule has 0 bridgehead atoms. The molecule has 212 valence electrons. The molecule has 2 heterocycles. The standard InChI is InChI=1S/C29H24BrF3N4O2S2/c30-19-12-10-18(11-13-19)21-14-23(29(31,32)33)36-28(35-21)40-16-24(38)37-27-25(20-8-4-5-9-22(20)41-27)26(39)34-15-17-6-2-1-3-7-17/h1-3,6-7,10-14H,4-5,8-9,15-16H2,(H,34,39)(H,37,38). The zero-order chi connectivity index (χ0) is 29.0. The van der Waals surface area contributed by atoms with Crippen molar-refractivity contribution in [1.82, 2.24) is 15.3 Å². The van der Waals surface area contributed by atoms with E-state index in [2.05, 4.69) is 36.5 Å². The van der Waals surface area contributed by atoms with Crippen LogP contribution in [0.15, 0.2) is 70.3 Å². The fourth-order valence-corrected chi connectivity index (χ4v) is 6.68. The average molecular weight is 662 g/mol. The van der Waals surface area contributed by atoms with E-state index in [4.69, 9.17) is 0 Å². The Morgan fingerprint density at radius 1 is 1.00 bits per heavy atom. The van der Waals surface area contributed by atoms with Crippen LogP contribution in [0.1, 0.15) is 44.9 Å². The summed E-state index contributed by atoms with van der Waals surface area (Å²) in [5.74, 6) is -0.956. The Kier molecular flexibility index (Phi) is 9.10. The lowest BCUT2D eigenvalue weighted by atomic mass is 9.95. The van der Waals surface area contributed by atoms with E-state index in [1.54, 1.807) is 24.3 Å². The van der Waals surface area contributed by atoms with Crippen LogP contribution in [-0.4, -0.2) is 27.5 Å². The number of hydrogen-bond acceptors (Lipinski definition) is 6. The maximum atomic E-state index is 13.6. The number of aromatic nitrogens is 2. The zero-order valence-electron chi connectivity index (χ0n) is 21.6. The number of thioether (sulfide) groups is 1. The van der Waals surface area contributed by atoms with Crippen molar-refractivity contribution >= 4 is 55.8 Å². The van der Waals surface area contributed by atoms with Crippen LogP contribution in [0.4, 0.5) is 18.2 Å². The summed E-state index contributed by atoms with van der Waals surface area (Å²) in [5, 5.41) is 6.06. The minimum atomic E-state index is -4.68. The third-order valence-corrected chi connectivity index (χ3v) is 9.00. The van der Waals surface area contributed by atoms with Crippen LogP contribution >= 0.6 is 39.0 Å². The number of rotatable bonds is 8. The summed E-state index contributed by atoms with van der Waals surface area (Å²) in [7, 11) is 0. The highest BCUT2D eigenvalue weighted by Crippen LogP contribution is 2.38. The number of hydrogen-bond donors (Lipinski definition) is 2. The number of nitrogens with zero attached hydrogens (tertiary/aromatic N) is 2. The number of thiophene rings is 1. The van der Waals surface area contributed by atoms with Crippen molar-refractivity contribution < 1.29 is 22.8 Å². The molecule has 0 aliphatic heterocycles. The van der Waals surface area contributed by atoms with Gasteiger partial charge in [0.05, 0.1) is 17.0 Å². The first-order valence-electron chi connectivity index (χ1n) is 12.8. The first-order chi connectivity index (χ1) is 19.7. The van der Waals surface area contributed by atoms with Crippen LogP contribution < -0.4 is 10.6 Å². The molecule has 2 amide bonds. The lowest BCUT2D eigenvalue weighted by Crippen LogP contribution is -2.25. The van der Waals surface area contributed by atoms with Crippen LogP contribution in [0, 0.1) is 0 Å². The van der Waals surface area contributed by atoms with E-state index in [0.717, 1.165) is 64.0 Å². The minimum absolute atomic E-state index is 0.103. The molecule has 2 aromatic carbocycles. The van der Waals surface area contributed by atoms with Crippen molar-refractivity contribution in [3.8, 4) is 11.3 Å². The molecular formula is C29H24BrF3N4O2S2. The van der Waals surface area contributed by atoms with Gasteiger partial charge in [-0.05, 0) is 55.0 Å². The second-order valence-electron chi connectivity index (χ2n) is 9.35. The van der Waals surface area contributed by atoms with E-state index >= 15 is 0 Å². The fraction of sp³-hybridized carbons (Fsp3) is 0.241. The van der Waals surface area contributed by atoms with Gasteiger partial charge in [-0.2, -0.15) is 13.2 Å². The van der Waals surface area contributed by atoms with E-state index in [0.29, 0.717) is 22.7 Å². The summed E-state index contributed by atoms with van der Waals surface area (Å²) in [4.78, 5) is 35.3. The highest BCUT2D eigenvalue weighted by molar-refractivity contribution is 9.10. The number of carbonyl (C=O) groups is 2. The van der Waals surface area contributed by atoms with E-state index < -0.39 is 17.8 Å². The Morgan fingerprint density at radius 2 is 1.73 bits per heavy atom. The molecule has 0 spiro atoms. The van der Waals surface area contributed by atoms with Crippen molar-refractivity contribution in [1.29, 1.82) is 0 Å². The van der Waals surface area contributed by atoms with Gasteiger partial charge in [0.1, 0.15) is 10.7 Å². The van der Waals surface area contributed by atoms with Crippen molar-refractivity contribution in [2.75, 3.05) is 11.1 Å². The number of benzene rings is 2. The largest absolute Gasteiger partial charge is 0.433 e. The van der Waals surface area contributed by atoms with Crippen molar-refractivity contribution in [3.63, 3.8) is 0 Å². The third kappa shape index (κ3) is 7.35. The summed E-state index contributed by atoms with van der Waals surface area (Å²) < 4.78 is 41.6. The zero-order valence-corrected chi connectivity index (χ0v) is 24.8. The third-order valence-electron chi connectivity index (χ3n) is 6.42. The number of amides is 2. The number of fused-ring (bicyclic) bond motifs is 1. The average Bonchev–Trinajstić information content (AvgIpc) is 3.33. The second kappa shape index (κ2) is 12.7. The molecule has 2 N–H and O–H groups in total. The molecule has 1 aliphatic carbocycles. The lowest BCUT2D eigenvalue weighted by Gasteiger charge is -2.13. The molecule has 4 aromatic rings. The molecule has 6 nitrogen and oxygen atoms in total. The topological polar surface area (TPSA) is 84.0 Å². The van der Waals surface area contributed by atoms with Gasteiger partial charge in [0.25, 0.3) is 5.91 Å². The Morgan fingerprint density at radius 3 is 2.46 bits per heavy atom. The molecule has 0 fully saturated rings. The number of halogens is 4. The van der Waals surface area contributed by atoms with E-state index in [9.17, 15) is 22.8 Å². The highest BCUT2D eigenvalue weighted by Gasteiger charge is 2.34. The first kappa shape index (κ1) is 29.3. The Balaban J connectivity index is 1.32. The van der Waals surface area contributed by atoms with Gasteiger partial charge in [-0.15, -0.1) is 11.3 Å². The van der Waals surface area contributed by atoms with Crippen LogP contribution in [0.5, 0.6) is 0 Å². The maximum absolute atomic E-state index is 13.6. The summed E-state index contributed by atoms with van der Waals surface area (Å²) in [5.41, 5.74) is 1.88. The Hall–Kier alpha value is -3.22. The molecule has 0 radical (unpaired) electrons. The van der Waals surface area contributed by atoms with Crippen LogP contribution in [0.2, 0.25) is 0 Å². The van der Waals surface area contributed by atoms with Gasteiger partial charge < -0.3 is 10.6 Å². The molecule has 0 saturated heterocycles. The second-order valence-corrected chi connectivity index (χ2v) is 12.3. The maximum Gasteiger partial charge on any atom is 0.433 e. The van der Waals surface area contributed by atoms with Gasteiger partial charge in [0.2, 0.25) is 5.91 Å². The van der Waals surface area contributed by atoms with E-state index in [1.807, 2.05) is 30.3 Å². The molecule has 1 aliphatic rings. The molecule has 41 heavy (non-hydrogen) atoms. The van der Waals surface area contributed by atoms with E-state index in [1.165, 1.54) is 11.3 Å². The summed E-state index contributed by atoms with van der Waals surface area (Å²) in [6.45, 7) is 0.348. The molecule has 2 aromatic heterocycles. The molecule has 0 unspecified atom stereocenters. The van der Waals surface area contributed by atoms with Crippen LogP contribution in [-0.2, 0) is 30.4 Å². The normalized spacial score (nSPS) is 13.0. The van der Waals surface area contributed by atoms with Crippen molar-refractivity contribution in [2.24, 2.45) is 0 Å². The molecule has 0 atom stereocenters. The minimum Gasteiger partial charge on any atom is -0.348 e. The SMILES string of the molecule is O=C(CSc1nc(-c2ccc(Br)cc2)cc(C(F)(F)F)n1)Nc1sc2c(c1C(=O)NCc1ccccc1)CCCC2. The molecular weight excluding hydrogens is 637 g/mol. The fourth-order valence-electron chi connectivity index (χ4n) is 4.46. The monoisotopic (exact) mass is 660 g/mol. The smallest absolute Gasteiger partial charge is 0.348 e. The van der Waals surface area contributed by atoms with Gasteiger partial charge >= 0.3 is 6.18 Å². The van der Waals surface area contributed by atoms with Crippen LogP contribution in [0.3, 0.4) is 0 Å². The number of carbonyl (C=O) groups excluding carboxylic acids is 2. The Bertz CT molecular complexity index is 1560. The summed E-state index contributed by atoms with van der Waals surface area (Å²) in [6.07, 6.45) is -1.13. The van der Waals surface area contributed by atoms with Crippen LogP contribution in [0.25, 0.3) is 11.3 Å². The first-order valence-corrected chi connectivity index (χ1v) is 15.4. The highest BCUT2D eigenvalue weighted by atomic mass is 79.9. The lowest BCUT2D eigenvalue weighted by molar-refractivity contribution is -0.141. The molecule has 5 rings (SSSR count). The predicted octanol–water partition coefficient (Wildman–Crippen LogP) is 7.53. The number of alkyl halides is 3. The summed E-state index contributed by atoms with van der Waals surface area (Å²) >= 11 is 5.50. The van der Waals surface area contributed by atoms with Gasteiger partial charge in [-0.25, -0.2) is 9.97 Å². The molecule has 12 heteroatoms. The van der Waals surface area contributed by atoms with Gasteiger partial charge in [0, 0.05) is 21.5 Å². The van der Waals surface area contributed by atoms with Crippen molar-refractivity contribution in [2.45, 2.75) is 43.6 Å². The number of anilines is 1. The number of aryl methyl sites for hydroxylation is 1. The summed E-state index contributed by atoms with van der Waals surface area (Å²) in [6, 6.07) is 17.1. The Labute approximate surface area is 251 Å². The van der Waals surface area contributed by atoms with Gasteiger partial charge in [-0.3, -0.25) is 9.59 Å².